The van der Waals surface area contributed by atoms with Crippen molar-refractivity contribution in [1.82, 2.24) is 9.55 Å². The summed E-state index contributed by atoms with van der Waals surface area (Å²) in [7, 11) is 1.71. The van der Waals surface area contributed by atoms with Crippen molar-refractivity contribution in [3.63, 3.8) is 0 Å². The largest absolute Gasteiger partial charge is 0.530 e. The molecule has 3 N–H and O–H groups in total. The molecule has 0 fully saturated rings. The van der Waals surface area contributed by atoms with Crippen molar-refractivity contribution in [2.24, 2.45) is 7.05 Å². The van der Waals surface area contributed by atoms with E-state index in [1.807, 2.05) is 0 Å². The Morgan fingerprint density at radius 2 is 2.33 bits per heavy atom. The van der Waals surface area contributed by atoms with Crippen LogP contribution in [0.25, 0.3) is 11.0 Å². The second-order valence-corrected chi connectivity index (χ2v) is 3.16. The second kappa shape index (κ2) is 3.16. The molecule has 0 saturated heterocycles. The van der Waals surface area contributed by atoms with E-state index in [4.69, 9.17) is 5.73 Å². The Morgan fingerprint density at radius 1 is 1.60 bits per heavy atom. The van der Waals surface area contributed by atoms with Crippen LogP contribution in [0.1, 0.15) is 0 Å². The molecular weight excluding hydrogens is 196 g/mol. The van der Waals surface area contributed by atoms with Crippen LogP contribution in [0.5, 0.6) is 0 Å². The molecule has 78 valence electrons. The van der Waals surface area contributed by atoms with Crippen LogP contribution < -0.4 is 16.2 Å². The third kappa shape index (κ3) is 1.56. The average molecular weight is 205 g/mol. The van der Waals surface area contributed by atoms with Crippen molar-refractivity contribution >= 4 is 28.8 Å². The fourth-order valence-electron chi connectivity index (χ4n) is 1.42. The van der Waals surface area contributed by atoms with E-state index in [0.29, 0.717) is 11.2 Å². The summed E-state index contributed by atoms with van der Waals surface area (Å²) >= 11 is 0. The first kappa shape index (κ1) is 9.32. The minimum absolute atomic E-state index is 0.218. The lowest BCUT2D eigenvalue weighted by Crippen LogP contribution is -2.30. The monoisotopic (exact) mass is 205 g/mol. The van der Waals surface area contributed by atoms with E-state index in [-0.39, 0.29) is 5.95 Å². The highest BCUT2D eigenvalue weighted by Gasteiger charge is 2.06. The Balaban J connectivity index is 2.58. The van der Waals surface area contributed by atoms with Crippen molar-refractivity contribution < 1.29 is 9.90 Å². The zero-order valence-corrected chi connectivity index (χ0v) is 8.02. The van der Waals surface area contributed by atoms with Gasteiger partial charge in [-0.15, -0.1) is 0 Å². The molecular formula is C9H9N4O2-. The number of nitrogen functional groups attached to an aromatic ring is 1. The van der Waals surface area contributed by atoms with E-state index < -0.39 is 6.09 Å². The zero-order valence-electron chi connectivity index (χ0n) is 8.02. The molecule has 0 aliphatic carbocycles. The number of fused-ring (bicyclic) bond motifs is 1. The lowest BCUT2D eigenvalue weighted by atomic mass is 10.3. The molecule has 1 amide bonds. The summed E-state index contributed by atoms with van der Waals surface area (Å²) in [5, 5.41) is 12.5. The summed E-state index contributed by atoms with van der Waals surface area (Å²) in [5.74, 6) is 0.218. The molecule has 0 spiro atoms. The van der Waals surface area contributed by atoms with Gasteiger partial charge in [-0.2, -0.15) is 0 Å². The molecule has 0 unspecified atom stereocenters. The Kier molecular flexibility index (Phi) is 1.96. The third-order valence-corrected chi connectivity index (χ3v) is 2.12. The van der Waals surface area contributed by atoms with E-state index in [1.54, 1.807) is 29.8 Å². The molecule has 1 heterocycles. The number of aryl methyl sites for hydroxylation is 1. The SMILES string of the molecule is Cn1c(NC(=O)[O-])nc2cc(N)ccc21. The quantitative estimate of drug-likeness (QED) is 0.636. The molecule has 0 radical (unpaired) electrons. The lowest BCUT2D eigenvalue weighted by Gasteiger charge is -2.05. The van der Waals surface area contributed by atoms with E-state index in [1.165, 1.54) is 0 Å². The number of carboxylic acid groups (broad SMARTS) is 1. The molecule has 0 bridgehead atoms. The van der Waals surface area contributed by atoms with Gasteiger partial charge >= 0.3 is 0 Å². The summed E-state index contributed by atoms with van der Waals surface area (Å²) in [6, 6.07) is 5.18. The van der Waals surface area contributed by atoms with Crippen molar-refractivity contribution in [3.05, 3.63) is 18.2 Å². The predicted octanol–water partition coefficient (Wildman–Crippen LogP) is -0.0893. The molecule has 1 aromatic carbocycles. The summed E-state index contributed by atoms with van der Waals surface area (Å²) in [4.78, 5) is 14.4. The summed E-state index contributed by atoms with van der Waals surface area (Å²) in [5.41, 5.74) is 7.61. The summed E-state index contributed by atoms with van der Waals surface area (Å²) < 4.78 is 1.62. The number of hydrogen-bond acceptors (Lipinski definition) is 4. The number of hydrogen-bond donors (Lipinski definition) is 2. The number of imidazole rings is 1. The normalized spacial score (nSPS) is 10.5. The molecule has 0 aliphatic heterocycles. The van der Waals surface area contributed by atoms with E-state index >= 15 is 0 Å². The smallest absolute Gasteiger partial charge is 0.209 e. The van der Waals surface area contributed by atoms with Gasteiger partial charge in [-0.05, 0) is 18.2 Å². The number of benzene rings is 1. The van der Waals surface area contributed by atoms with Gasteiger partial charge in [0.2, 0.25) is 5.95 Å². The Labute approximate surface area is 85.3 Å². The molecule has 1 aromatic heterocycles. The molecule has 0 aliphatic rings. The average Bonchev–Trinajstić information content (AvgIpc) is 2.42. The fourth-order valence-corrected chi connectivity index (χ4v) is 1.42. The number of anilines is 2. The van der Waals surface area contributed by atoms with Crippen LogP contribution in [0.4, 0.5) is 16.4 Å². The fraction of sp³-hybridized carbons (Fsp3) is 0.111. The molecule has 2 aromatic rings. The zero-order chi connectivity index (χ0) is 11.0. The van der Waals surface area contributed by atoms with Gasteiger partial charge < -0.3 is 25.5 Å². The Morgan fingerprint density at radius 3 is 3.00 bits per heavy atom. The highest BCUT2D eigenvalue weighted by atomic mass is 16.4. The number of nitrogens with two attached hydrogens (primary N) is 1. The Bertz CT molecular complexity index is 532. The van der Waals surface area contributed by atoms with E-state index in [0.717, 1.165) is 5.52 Å². The van der Waals surface area contributed by atoms with Crippen LogP contribution in [0.2, 0.25) is 0 Å². The molecule has 0 atom stereocenters. The summed E-state index contributed by atoms with van der Waals surface area (Å²) in [6.45, 7) is 0. The van der Waals surface area contributed by atoms with E-state index in [2.05, 4.69) is 10.3 Å². The van der Waals surface area contributed by atoms with Gasteiger partial charge in [0, 0.05) is 12.7 Å². The van der Waals surface area contributed by atoms with Crippen LogP contribution in [-0.4, -0.2) is 15.6 Å². The molecule has 0 saturated carbocycles. The van der Waals surface area contributed by atoms with Gasteiger partial charge in [-0.3, -0.25) is 0 Å². The van der Waals surface area contributed by atoms with Crippen LogP contribution in [0, 0.1) is 0 Å². The minimum atomic E-state index is -1.39. The van der Waals surface area contributed by atoms with Gasteiger partial charge in [0.05, 0.1) is 11.0 Å². The van der Waals surface area contributed by atoms with Gasteiger partial charge in [-0.1, -0.05) is 0 Å². The van der Waals surface area contributed by atoms with Crippen LogP contribution in [-0.2, 0) is 7.05 Å². The van der Waals surface area contributed by atoms with Crippen molar-refractivity contribution in [1.29, 1.82) is 0 Å². The summed E-state index contributed by atoms with van der Waals surface area (Å²) in [6.07, 6.45) is -1.39. The number of aromatic nitrogens is 2. The van der Waals surface area contributed by atoms with Crippen molar-refractivity contribution in [2.45, 2.75) is 0 Å². The minimum Gasteiger partial charge on any atom is -0.530 e. The van der Waals surface area contributed by atoms with Gasteiger partial charge in [0.1, 0.15) is 6.09 Å². The maximum absolute atomic E-state index is 10.4. The number of carbonyl (C=O) groups excluding carboxylic acids is 1. The van der Waals surface area contributed by atoms with Gasteiger partial charge in [-0.25, -0.2) is 4.98 Å². The second-order valence-electron chi connectivity index (χ2n) is 3.16. The number of rotatable bonds is 1. The van der Waals surface area contributed by atoms with Gasteiger partial charge in [0.25, 0.3) is 0 Å². The highest BCUT2D eigenvalue weighted by molar-refractivity contribution is 5.86. The number of amides is 1. The number of nitrogens with zero attached hydrogens (tertiary/aromatic N) is 2. The first-order chi connectivity index (χ1) is 7.08. The third-order valence-electron chi connectivity index (χ3n) is 2.12. The van der Waals surface area contributed by atoms with Crippen LogP contribution in [0.15, 0.2) is 18.2 Å². The first-order valence-electron chi connectivity index (χ1n) is 4.28. The number of nitrogens with one attached hydrogen (secondary N) is 1. The van der Waals surface area contributed by atoms with E-state index in [9.17, 15) is 9.90 Å². The predicted molar refractivity (Wildman–Crippen MR) is 54.1 cm³/mol. The highest BCUT2D eigenvalue weighted by Crippen LogP contribution is 2.20. The molecule has 6 heteroatoms. The lowest BCUT2D eigenvalue weighted by molar-refractivity contribution is -0.242. The molecule has 15 heavy (non-hydrogen) atoms. The van der Waals surface area contributed by atoms with Crippen LogP contribution in [0.3, 0.4) is 0 Å². The maximum Gasteiger partial charge on any atom is 0.209 e. The number of carbonyl (C=O) groups is 1. The maximum atomic E-state index is 10.4. The van der Waals surface area contributed by atoms with Crippen molar-refractivity contribution in [3.8, 4) is 0 Å². The molecule has 6 nitrogen and oxygen atoms in total. The van der Waals surface area contributed by atoms with Crippen LogP contribution >= 0.6 is 0 Å². The first-order valence-corrected chi connectivity index (χ1v) is 4.28. The van der Waals surface area contributed by atoms with Crippen molar-refractivity contribution in [2.75, 3.05) is 11.1 Å². The Hall–Kier alpha value is -2.24. The standard InChI is InChI=1S/C9H10N4O2/c1-13-7-3-2-5(10)4-6(7)11-8(13)12-9(14)15/h2-4H,10H2,1H3,(H,11,12)(H,14,15)/p-1. The molecule has 2 rings (SSSR count). The topological polar surface area (TPSA) is 96.0 Å². The van der Waals surface area contributed by atoms with Gasteiger partial charge in [0.15, 0.2) is 0 Å².